The molecule has 0 bridgehead atoms. The molecular weight excluding hydrogens is 356 g/mol. The zero-order valence-corrected chi connectivity index (χ0v) is 16.9. The van der Waals surface area contributed by atoms with E-state index in [1.54, 1.807) is 11.1 Å². The number of benzene rings is 1. The number of H-pyrrole nitrogens is 1. The van der Waals surface area contributed by atoms with E-state index in [0.29, 0.717) is 12.4 Å². The van der Waals surface area contributed by atoms with Crippen LogP contribution in [0.15, 0.2) is 48.2 Å². The highest BCUT2D eigenvalue weighted by Gasteiger charge is 2.30. The lowest BCUT2D eigenvalue weighted by Crippen LogP contribution is -2.40. The Morgan fingerprint density at radius 1 is 1.29 bits per heavy atom. The highest BCUT2D eigenvalue weighted by atomic mass is 16.5. The molecule has 0 saturated heterocycles. The normalized spacial score (nSPS) is 15.4. The quantitative estimate of drug-likeness (QED) is 0.787. The molecular formula is C21H28N4O3. The Kier molecular flexibility index (Phi) is 7.80. The van der Waals surface area contributed by atoms with Gasteiger partial charge in [0.25, 0.3) is 0 Å². The largest absolute Gasteiger partial charge is 0.453 e. The Hall–Kier alpha value is -3.09. The summed E-state index contributed by atoms with van der Waals surface area (Å²) in [4.78, 5) is 33.0. The zero-order valence-electron chi connectivity index (χ0n) is 16.9. The molecule has 2 aromatic rings. The molecule has 150 valence electrons. The molecule has 1 aliphatic heterocycles. The van der Waals surface area contributed by atoms with Crippen molar-refractivity contribution in [1.29, 1.82) is 0 Å². The summed E-state index contributed by atoms with van der Waals surface area (Å²) in [6, 6.07) is 9.60. The third-order valence-electron chi connectivity index (χ3n) is 4.05. The molecule has 2 heterocycles. The Labute approximate surface area is 165 Å². The van der Waals surface area contributed by atoms with Crippen LogP contribution < -0.4 is 5.32 Å². The number of ether oxygens (including phenoxy) is 1. The summed E-state index contributed by atoms with van der Waals surface area (Å²) < 4.78 is 4.50. The van der Waals surface area contributed by atoms with E-state index in [1.165, 1.54) is 13.5 Å². The average Bonchev–Trinajstić information content (AvgIpc) is 3.34. The maximum Gasteiger partial charge on any atom is 0.407 e. The number of rotatable bonds is 4. The molecule has 2 amide bonds. The monoisotopic (exact) mass is 384 g/mol. The molecule has 1 aromatic carbocycles. The fourth-order valence-corrected chi connectivity index (χ4v) is 2.82. The number of amides is 2. The van der Waals surface area contributed by atoms with E-state index >= 15 is 0 Å². The van der Waals surface area contributed by atoms with E-state index in [0.717, 1.165) is 16.8 Å². The van der Waals surface area contributed by atoms with Crippen molar-refractivity contribution in [3.8, 4) is 11.3 Å². The van der Waals surface area contributed by atoms with Crippen LogP contribution in [0.1, 0.15) is 39.1 Å². The number of hydrogen-bond acceptors (Lipinski definition) is 4. The van der Waals surface area contributed by atoms with Gasteiger partial charge in [0.2, 0.25) is 5.91 Å². The molecule has 0 radical (unpaired) electrons. The van der Waals surface area contributed by atoms with Gasteiger partial charge in [0.1, 0.15) is 18.4 Å². The minimum absolute atomic E-state index is 0.115. The topological polar surface area (TPSA) is 87.3 Å². The SMILES string of the molecule is CCC.COC(=O)NCC(=O)N1CC(C)=CC1c1ncc(-c2ccccc2)[nH]1. The number of aromatic amines is 1. The van der Waals surface area contributed by atoms with Crippen LogP contribution in [-0.2, 0) is 9.53 Å². The molecule has 7 nitrogen and oxygen atoms in total. The van der Waals surface area contributed by atoms with E-state index < -0.39 is 6.09 Å². The molecule has 1 unspecified atom stereocenters. The van der Waals surface area contributed by atoms with Gasteiger partial charge in [-0.05, 0) is 12.5 Å². The second-order valence-electron chi connectivity index (χ2n) is 6.58. The second kappa shape index (κ2) is 10.3. The van der Waals surface area contributed by atoms with Gasteiger partial charge in [-0.15, -0.1) is 0 Å². The zero-order chi connectivity index (χ0) is 20.5. The van der Waals surface area contributed by atoms with Crippen LogP contribution in [0.25, 0.3) is 11.3 Å². The van der Waals surface area contributed by atoms with Gasteiger partial charge in [-0.25, -0.2) is 9.78 Å². The molecule has 0 aliphatic carbocycles. The third-order valence-corrected chi connectivity index (χ3v) is 4.05. The third kappa shape index (κ3) is 5.45. The first-order valence-corrected chi connectivity index (χ1v) is 9.39. The van der Waals surface area contributed by atoms with Gasteiger partial charge in [0.05, 0.1) is 19.0 Å². The number of nitrogens with one attached hydrogen (secondary N) is 2. The van der Waals surface area contributed by atoms with E-state index in [1.807, 2.05) is 43.3 Å². The van der Waals surface area contributed by atoms with Crippen molar-refractivity contribution in [3.05, 3.63) is 54.0 Å². The minimum Gasteiger partial charge on any atom is -0.453 e. The molecule has 0 spiro atoms. The second-order valence-corrected chi connectivity index (χ2v) is 6.58. The Morgan fingerprint density at radius 2 is 1.96 bits per heavy atom. The number of carbonyl (C=O) groups excluding carboxylic acids is 2. The number of imidazole rings is 1. The number of carbonyl (C=O) groups is 2. The summed E-state index contributed by atoms with van der Waals surface area (Å²) in [5, 5.41) is 2.42. The maximum absolute atomic E-state index is 12.5. The first-order valence-electron chi connectivity index (χ1n) is 9.39. The van der Waals surface area contributed by atoms with Gasteiger partial charge in [-0.1, -0.05) is 62.2 Å². The summed E-state index contributed by atoms with van der Waals surface area (Å²) in [6.07, 6.45) is 4.39. The molecule has 1 aromatic heterocycles. The van der Waals surface area contributed by atoms with Gasteiger partial charge in [-0.3, -0.25) is 4.79 Å². The smallest absolute Gasteiger partial charge is 0.407 e. The molecule has 2 N–H and O–H groups in total. The van der Waals surface area contributed by atoms with Crippen molar-refractivity contribution in [2.24, 2.45) is 0 Å². The molecule has 0 saturated carbocycles. The number of methoxy groups -OCH3 is 1. The van der Waals surface area contributed by atoms with Crippen LogP contribution in [0.5, 0.6) is 0 Å². The lowest BCUT2D eigenvalue weighted by Gasteiger charge is -2.23. The van der Waals surface area contributed by atoms with Gasteiger partial charge in [-0.2, -0.15) is 0 Å². The Morgan fingerprint density at radius 3 is 2.61 bits per heavy atom. The van der Waals surface area contributed by atoms with Gasteiger partial charge >= 0.3 is 6.09 Å². The van der Waals surface area contributed by atoms with Crippen LogP contribution >= 0.6 is 0 Å². The first-order chi connectivity index (χ1) is 13.5. The highest BCUT2D eigenvalue weighted by Crippen LogP contribution is 2.29. The van der Waals surface area contributed by atoms with Crippen LogP contribution in [0.3, 0.4) is 0 Å². The van der Waals surface area contributed by atoms with Crippen LogP contribution in [0.2, 0.25) is 0 Å². The van der Waals surface area contributed by atoms with Crippen LogP contribution in [-0.4, -0.2) is 47.1 Å². The van der Waals surface area contributed by atoms with E-state index in [-0.39, 0.29) is 18.5 Å². The highest BCUT2D eigenvalue weighted by molar-refractivity contribution is 5.83. The predicted molar refractivity (Wildman–Crippen MR) is 109 cm³/mol. The Balaban J connectivity index is 0.000000878. The molecule has 7 heteroatoms. The van der Waals surface area contributed by atoms with Crippen molar-refractivity contribution in [2.75, 3.05) is 20.2 Å². The lowest BCUT2D eigenvalue weighted by atomic mass is 10.2. The predicted octanol–water partition coefficient (Wildman–Crippen LogP) is 3.68. The number of hydrogen-bond donors (Lipinski definition) is 2. The van der Waals surface area contributed by atoms with Crippen molar-refractivity contribution < 1.29 is 14.3 Å². The average molecular weight is 384 g/mol. The van der Waals surface area contributed by atoms with Crippen LogP contribution in [0, 0.1) is 0 Å². The van der Waals surface area contributed by atoms with Gasteiger partial charge in [0.15, 0.2) is 0 Å². The molecule has 28 heavy (non-hydrogen) atoms. The molecule has 1 aliphatic rings. The maximum atomic E-state index is 12.5. The summed E-state index contributed by atoms with van der Waals surface area (Å²) in [7, 11) is 1.26. The fourth-order valence-electron chi connectivity index (χ4n) is 2.82. The fraction of sp³-hybridized carbons (Fsp3) is 0.381. The van der Waals surface area contributed by atoms with Crippen molar-refractivity contribution >= 4 is 12.0 Å². The van der Waals surface area contributed by atoms with Crippen molar-refractivity contribution in [2.45, 2.75) is 33.2 Å². The van der Waals surface area contributed by atoms with E-state index in [9.17, 15) is 9.59 Å². The van der Waals surface area contributed by atoms with E-state index in [2.05, 4.69) is 33.9 Å². The summed E-state index contributed by atoms with van der Waals surface area (Å²) in [6.45, 7) is 6.61. The summed E-state index contributed by atoms with van der Waals surface area (Å²) in [5.41, 5.74) is 3.01. The lowest BCUT2D eigenvalue weighted by molar-refractivity contribution is -0.130. The van der Waals surface area contributed by atoms with E-state index in [4.69, 9.17) is 0 Å². The first kappa shape index (κ1) is 21.2. The van der Waals surface area contributed by atoms with Gasteiger partial charge < -0.3 is 19.9 Å². The standard InChI is InChI=1S/C18H20N4O3.C3H8/c1-12-8-15(22(11-12)16(23)10-20-18(24)25-2)17-19-9-14(21-17)13-6-4-3-5-7-13;1-3-2/h3-9,15H,10-11H2,1-2H3,(H,19,21)(H,20,24);3H2,1-2H3. The molecule has 0 fully saturated rings. The number of alkyl carbamates (subject to hydrolysis) is 1. The number of nitrogens with zero attached hydrogens (tertiary/aromatic N) is 2. The minimum atomic E-state index is -0.627. The summed E-state index contributed by atoms with van der Waals surface area (Å²) in [5.74, 6) is 0.503. The van der Waals surface area contributed by atoms with Gasteiger partial charge in [0, 0.05) is 6.54 Å². The number of aromatic nitrogens is 2. The Bertz CT molecular complexity index is 814. The summed E-state index contributed by atoms with van der Waals surface area (Å²) >= 11 is 0. The van der Waals surface area contributed by atoms with Crippen LogP contribution in [0.4, 0.5) is 4.79 Å². The molecule has 3 rings (SSSR count). The molecule has 1 atom stereocenters. The van der Waals surface area contributed by atoms with Crippen molar-refractivity contribution in [3.63, 3.8) is 0 Å². The van der Waals surface area contributed by atoms with Crippen molar-refractivity contribution in [1.82, 2.24) is 20.2 Å².